The van der Waals surface area contributed by atoms with Gasteiger partial charge in [-0.25, -0.2) is 0 Å². The number of fused-ring (bicyclic) bond motifs is 1. The van der Waals surface area contributed by atoms with Crippen molar-refractivity contribution in [3.63, 3.8) is 0 Å². The number of nitrogens with one attached hydrogen (secondary N) is 1. The molecule has 0 aliphatic carbocycles. The van der Waals surface area contributed by atoms with Crippen molar-refractivity contribution >= 4 is 23.0 Å². The van der Waals surface area contributed by atoms with Gasteiger partial charge in [0.2, 0.25) is 6.41 Å². The number of carbonyl (C=O) groups excluding carboxylic acids is 1. The quantitative estimate of drug-likeness (QED) is 0.735. The van der Waals surface area contributed by atoms with Crippen LogP contribution in [0.25, 0.3) is 10.9 Å². The summed E-state index contributed by atoms with van der Waals surface area (Å²) in [5.74, 6) is 0.667. The van der Waals surface area contributed by atoms with Gasteiger partial charge in [0.1, 0.15) is 11.4 Å². The smallest absolute Gasteiger partial charge is 0.214 e. The van der Waals surface area contributed by atoms with Crippen LogP contribution in [-0.2, 0) is 11.2 Å². The number of anilines is 1. The van der Waals surface area contributed by atoms with Crippen molar-refractivity contribution in [2.75, 3.05) is 11.4 Å². The van der Waals surface area contributed by atoms with Crippen LogP contribution in [0.5, 0.6) is 0 Å². The van der Waals surface area contributed by atoms with E-state index in [9.17, 15) is 4.79 Å². The molecular weight excluding hydrogens is 278 g/mol. The zero-order chi connectivity index (χ0) is 15.7. The van der Waals surface area contributed by atoms with Crippen molar-refractivity contribution in [3.8, 4) is 0 Å². The van der Waals surface area contributed by atoms with Crippen LogP contribution >= 0.6 is 0 Å². The van der Waals surface area contributed by atoms with Crippen molar-refractivity contribution < 1.29 is 9.32 Å². The van der Waals surface area contributed by atoms with Crippen molar-refractivity contribution in [1.82, 2.24) is 10.1 Å². The number of hydrogen-bond acceptors (Lipinski definition) is 3. The number of hydrogen-bond donors (Lipinski definition) is 1. The second-order valence-corrected chi connectivity index (χ2v) is 5.50. The van der Waals surface area contributed by atoms with Crippen molar-refractivity contribution in [2.24, 2.45) is 0 Å². The van der Waals surface area contributed by atoms with E-state index in [4.69, 9.17) is 4.52 Å². The van der Waals surface area contributed by atoms with Crippen LogP contribution < -0.4 is 4.90 Å². The minimum Gasteiger partial charge on any atom is -0.359 e. The van der Waals surface area contributed by atoms with Crippen LogP contribution in [0.15, 0.2) is 28.8 Å². The third kappa shape index (κ3) is 2.39. The maximum Gasteiger partial charge on any atom is 0.214 e. The summed E-state index contributed by atoms with van der Waals surface area (Å²) in [7, 11) is 0. The van der Waals surface area contributed by atoms with Gasteiger partial charge >= 0.3 is 0 Å². The Kier molecular flexibility index (Phi) is 3.71. The van der Waals surface area contributed by atoms with Gasteiger partial charge in [0.25, 0.3) is 0 Å². The second kappa shape index (κ2) is 5.67. The standard InChI is InChI=1S/C17H19N3O2/c1-11-14(15-6-4-5-7-16(15)18-11)8-9-20(10-21)17-12(2)19-22-13(17)3/h4-7,10,18H,8-9H2,1-3H3. The van der Waals surface area contributed by atoms with Crippen LogP contribution in [0.3, 0.4) is 0 Å². The average Bonchev–Trinajstić information content (AvgIpc) is 3.01. The number of para-hydroxylation sites is 1. The molecule has 5 heteroatoms. The summed E-state index contributed by atoms with van der Waals surface area (Å²) < 4.78 is 5.15. The highest BCUT2D eigenvalue weighted by Gasteiger charge is 2.17. The van der Waals surface area contributed by atoms with Gasteiger partial charge in [0, 0.05) is 23.1 Å². The van der Waals surface area contributed by atoms with Crippen LogP contribution in [0.2, 0.25) is 0 Å². The van der Waals surface area contributed by atoms with Crippen LogP contribution in [0, 0.1) is 20.8 Å². The summed E-state index contributed by atoms with van der Waals surface area (Å²) in [6, 6.07) is 8.22. The summed E-state index contributed by atoms with van der Waals surface area (Å²) in [4.78, 5) is 16.5. The van der Waals surface area contributed by atoms with E-state index in [1.165, 1.54) is 10.9 Å². The molecule has 0 aliphatic rings. The minimum atomic E-state index is 0.592. The molecule has 114 valence electrons. The number of nitrogens with zero attached hydrogens (tertiary/aromatic N) is 2. The van der Waals surface area contributed by atoms with E-state index in [-0.39, 0.29) is 0 Å². The van der Waals surface area contributed by atoms with Crippen molar-refractivity contribution in [2.45, 2.75) is 27.2 Å². The molecule has 0 fully saturated rings. The highest BCUT2D eigenvalue weighted by Crippen LogP contribution is 2.26. The highest BCUT2D eigenvalue weighted by atomic mass is 16.5. The lowest BCUT2D eigenvalue weighted by molar-refractivity contribution is -0.107. The van der Waals surface area contributed by atoms with Crippen LogP contribution in [0.1, 0.15) is 22.7 Å². The van der Waals surface area contributed by atoms with Gasteiger partial charge in [-0.05, 0) is 38.8 Å². The van der Waals surface area contributed by atoms with Gasteiger partial charge < -0.3 is 14.4 Å². The van der Waals surface area contributed by atoms with E-state index < -0.39 is 0 Å². The molecule has 2 heterocycles. The third-order valence-electron chi connectivity index (χ3n) is 4.04. The first kappa shape index (κ1) is 14.4. The lowest BCUT2D eigenvalue weighted by Gasteiger charge is -2.16. The molecule has 0 radical (unpaired) electrons. The summed E-state index contributed by atoms with van der Waals surface area (Å²) in [6.07, 6.45) is 1.62. The molecule has 5 nitrogen and oxygen atoms in total. The molecule has 0 spiro atoms. The first-order chi connectivity index (χ1) is 10.6. The number of rotatable bonds is 5. The first-order valence-corrected chi connectivity index (χ1v) is 7.32. The Morgan fingerprint density at radius 1 is 1.27 bits per heavy atom. The normalized spacial score (nSPS) is 11.0. The second-order valence-electron chi connectivity index (χ2n) is 5.50. The van der Waals surface area contributed by atoms with Gasteiger partial charge in [0.15, 0.2) is 5.76 Å². The molecule has 0 aliphatic heterocycles. The summed E-state index contributed by atoms with van der Waals surface area (Å²) in [5.41, 5.74) is 5.03. The van der Waals surface area contributed by atoms with Crippen LogP contribution in [0.4, 0.5) is 5.69 Å². The zero-order valence-corrected chi connectivity index (χ0v) is 13.0. The number of benzene rings is 1. The molecule has 2 aromatic heterocycles. The third-order valence-corrected chi connectivity index (χ3v) is 4.04. The van der Waals surface area contributed by atoms with Crippen LogP contribution in [-0.4, -0.2) is 23.1 Å². The molecule has 0 bridgehead atoms. The molecule has 0 saturated carbocycles. The molecule has 1 amide bonds. The summed E-state index contributed by atoms with van der Waals surface area (Å²) in [6.45, 7) is 6.33. The monoisotopic (exact) mass is 297 g/mol. The van der Waals surface area contributed by atoms with Gasteiger partial charge in [0.05, 0.1) is 0 Å². The number of H-pyrrole nitrogens is 1. The fraction of sp³-hybridized carbons (Fsp3) is 0.294. The Morgan fingerprint density at radius 3 is 2.73 bits per heavy atom. The zero-order valence-electron chi connectivity index (χ0n) is 13.0. The lowest BCUT2D eigenvalue weighted by atomic mass is 10.1. The number of aromatic nitrogens is 2. The maximum absolute atomic E-state index is 11.5. The molecule has 3 aromatic rings. The van der Waals surface area contributed by atoms with Gasteiger partial charge in [-0.3, -0.25) is 4.79 Å². The van der Waals surface area contributed by atoms with Gasteiger partial charge in [-0.15, -0.1) is 0 Å². The fourth-order valence-electron chi connectivity index (χ4n) is 2.99. The number of aryl methyl sites for hydroxylation is 3. The topological polar surface area (TPSA) is 62.1 Å². The predicted octanol–water partition coefficient (Wildman–Crippen LogP) is 3.29. The highest BCUT2D eigenvalue weighted by molar-refractivity contribution is 5.85. The molecule has 3 rings (SSSR count). The molecular formula is C17H19N3O2. The predicted molar refractivity (Wildman–Crippen MR) is 86.1 cm³/mol. The Morgan fingerprint density at radius 2 is 2.05 bits per heavy atom. The molecule has 1 aromatic carbocycles. The van der Waals surface area contributed by atoms with Crippen molar-refractivity contribution in [1.29, 1.82) is 0 Å². The Balaban J connectivity index is 1.87. The minimum absolute atomic E-state index is 0.592. The number of carbonyl (C=O) groups is 1. The molecule has 0 atom stereocenters. The van der Waals surface area contributed by atoms with E-state index in [0.29, 0.717) is 12.3 Å². The first-order valence-electron chi connectivity index (χ1n) is 7.32. The SMILES string of the molecule is Cc1noc(C)c1N(C=O)CCc1c(C)[nH]c2ccccc12. The van der Waals surface area contributed by atoms with E-state index in [0.717, 1.165) is 35.4 Å². The molecule has 0 saturated heterocycles. The largest absolute Gasteiger partial charge is 0.359 e. The van der Waals surface area contributed by atoms with E-state index >= 15 is 0 Å². The number of amides is 1. The molecule has 0 unspecified atom stereocenters. The Bertz CT molecular complexity index is 797. The van der Waals surface area contributed by atoms with Crippen molar-refractivity contribution in [3.05, 3.63) is 47.0 Å². The lowest BCUT2D eigenvalue weighted by Crippen LogP contribution is -2.25. The Hall–Kier alpha value is -2.56. The van der Waals surface area contributed by atoms with E-state index in [2.05, 4.69) is 29.2 Å². The van der Waals surface area contributed by atoms with E-state index in [1.54, 1.807) is 4.90 Å². The van der Waals surface area contributed by atoms with Gasteiger partial charge in [-0.2, -0.15) is 0 Å². The van der Waals surface area contributed by atoms with Gasteiger partial charge in [-0.1, -0.05) is 23.4 Å². The number of aromatic amines is 1. The molecule has 22 heavy (non-hydrogen) atoms. The fourth-order valence-corrected chi connectivity index (χ4v) is 2.99. The maximum atomic E-state index is 11.5. The summed E-state index contributed by atoms with van der Waals surface area (Å²) in [5, 5.41) is 5.13. The average molecular weight is 297 g/mol. The molecule has 1 N–H and O–H groups in total. The van der Waals surface area contributed by atoms with E-state index in [1.807, 2.05) is 26.0 Å². The Labute approximate surface area is 128 Å². The summed E-state index contributed by atoms with van der Waals surface area (Å²) >= 11 is 0.